The van der Waals surface area contributed by atoms with E-state index in [1.54, 1.807) is 0 Å². The Bertz CT molecular complexity index is 683. The largest absolute Gasteiger partial charge is 0.417 e. The van der Waals surface area contributed by atoms with E-state index in [9.17, 15) is 22.4 Å². The molecule has 0 atom stereocenters. The van der Waals surface area contributed by atoms with Crippen molar-refractivity contribution in [2.45, 2.75) is 6.18 Å². The Hall–Kier alpha value is -2.57. The number of nitrogens with one attached hydrogen (secondary N) is 1. The summed E-state index contributed by atoms with van der Waals surface area (Å²) in [6.07, 6.45) is -4.65. The van der Waals surface area contributed by atoms with Gasteiger partial charge in [0.25, 0.3) is 5.91 Å². The number of hydrogen-bond acceptors (Lipinski definition) is 2. The molecular formula is C14H10F4N2O. The summed E-state index contributed by atoms with van der Waals surface area (Å²) in [5, 5.41) is 2.20. The van der Waals surface area contributed by atoms with Crippen molar-refractivity contribution in [3.8, 4) is 0 Å². The molecule has 2 aromatic carbocycles. The molecule has 110 valence electrons. The fourth-order valence-corrected chi connectivity index (χ4v) is 1.73. The zero-order chi connectivity index (χ0) is 15.6. The molecule has 0 heterocycles. The summed E-state index contributed by atoms with van der Waals surface area (Å²) in [7, 11) is 0. The van der Waals surface area contributed by atoms with Crippen LogP contribution in [-0.4, -0.2) is 5.91 Å². The average molecular weight is 298 g/mol. The van der Waals surface area contributed by atoms with E-state index >= 15 is 0 Å². The van der Waals surface area contributed by atoms with E-state index in [4.69, 9.17) is 5.73 Å². The van der Waals surface area contributed by atoms with Gasteiger partial charge in [0.1, 0.15) is 5.82 Å². The molecule has 0 saturated carbocycles. The Morgan fingerprint density at radius 2 is 1.76 bits per heavy atom. The molecule has 0 unspecified atom stereocenters. The minimum Gasteiger partial charge on any atom is -0.396 e. The van der Waals surface area contributed by atoms with Gasteiger partial charge in [0, 0.05) is 5.69 Å². The number of amides is 1. The zero-order valence-electron chi connectivity index (χ0n) is 10.5. The third kappa shape index (κ3) is 3.31. The van der Waals surface area contributed by atoms with Gasteiger partial charge in [0.2, 0.25) is 0 Å². The van der Waals surface area contributed by atoms with Crippen molar-refractivity contribution in [2.24, 2.45) is 0 Å². The fourth-order valence-electron chi connectivity index (χ4n) is 1.73. The quantitative estimate of drug-likeness (QED) is 0.656. The summed E-state index contributed by atoms with van der Waals surface area (Å²) in [4.78, 5) is 11.9. The Morgan fingerprint density at radius 3 is 2.38 bits per heavy atom. The van der Waals surface area contributed by atoms with Gasteiger partial charge in [-0.2, -0.15) is 13.2 Å². The lowest BCUT2D eigenvalue weighted by Crippen LogP contribution is -2.18. The van der Waals surface area contributed by atoms with E-state index in [-0.39, 0.29) is 11.4 Å². The zero-order valence-corrected chi connectivity index (χ0v) is 10.5. The van der Waals surface area contributed by atoms with Gasteiger partial charge in [0.05, 0.1) is 16.8 Å². The topological polar surface area (TPSA) is 55.1 Å². The van der Waals surface area contributed by atoms with Crippen molar-refractivity contribution >= 4 is 17.3 Å². The highest BCUT2D eigenvalue weighted by Gasteiger charge is 2.34. The number of anilines is 2. The number of halogens is 4. The summed E-state index contributed by atoms with van der Waals surface area (Å²) >= 11 is 0. The smallest absolute Gasteiger partial charge is 0.396 e. The van der Waals surface area contributed by atoms with Gasteiger partial charge < -0.3 is 11.1 Å². The van der Waals surface area contributed by atoms with E-state index in [2.05, 4.69) is 5.32 Å². The van der Waals surface area contributed by atoms with Crippen LogP contribution in [0.3, 0.4) is 0 Å². The molecular weight excluding hydrogens is 288 g/mol. The standard InChI is InChI=1S/C14H10F4N2O/c15-11-7-8(5-6-12(11)19)20-13(21)9-3-1-2-4-10(9)14(16,17)18/h1-7H,19H2,(H,20,21). The van der Waals surface area contributed by atoms with Crippen LogP contribution >= 0.6 is 0 Å². The van der Waals surface area contributed by atoms with Crippen molar-refractivity contribution in [1.29, 1.82) is 0 Å². The Labute approximate surface area is 117 Å². The van der Waals surface area contributed by atoms with E-state index in [1.807, 2.05) is 0 Å². The Balaban J connectivity index is 2.31. The van der Waals surface area contributed by atoms with Gasteiger partial charge in [-0.3, -0.25) is 4.79 Å². The SMILES string of the molecule is Nc1ccc(NC(=O)c2ccccc2C(F)(F)F)cc1F. The van der Waals surface area contributed by atoms with Crippen molar-refractivity contribution in [3.05, 3.63) is 59.4 Å². The second kappa shape index (κ2) is 5.43. The summed E-state index contributed by atoms with van der Waals surface area (Å²) in [5.41, 5.74) is 3.57. The molecule has 0 aliphatic carbocycles. The molecule has 0 bridgehead atoms. The number of alkyl halides is 3. The lowest BCUT2D eigenvalue weighted by molar-refractivity contribution is -0.137. The van der Waals surface area contributed by atoms with Crippen LogP contribution in [0.25, 0.3) is 0 Å². The molecule has 0 aliphatic heterocycles. The highest BCUT2D eigenvalue weighted by molar-refractivity contribution is 6.05. The molecule has 21 heavy (non-hydrogen) atoms. The van der Waals surface area contributed by atoms with E-state index in [1.165, 1.54) is 24.3 Å². The highest BCUT2D eigenvalue weighted by Crippen LogP contribution is 2.32. The second-order valence-corrected chi connectivity index (χ2v) is 4.23. The predicted octanol–water partition coefficient (Wildman–Crippen LogP) is 3.68. The van der Waals surface area contributed by atoms with E-state index in [0.717, 1.165) is 18.2 Å². The van der Waals surface area contributed by atoms with Gasteiger partial charge >= 0.3 is 6.18 Å². The maximum atomic E-state index is 13.2. The minimum atomic E-state index is -4.65. The number of carbonyl (C=O) groups is 1. The third-order valence-corrected chi connectivity index (χ3v) is 2.74. The number of nitrogens with two attached hydrogens (primary N) is 1. The summed E-state index contributed by atoms with van der Waals surface area (Å²) < 4.78 is 51.7. The number of rotatable bonds is 2. The van der Waals surface area contributed by atoms with Crippen LogP contribution < -0.4 is 11.1 Å². The van der Waals surface area contributed by atoms with Crippen molar-refractivity contribution in [2.75, 3.05) is 11.1 Å². The molecule has 0 fully saturated rings. The van der Waals surface area contributed by atoms with Crippen LogP contribution in [0.2, 0.25) is 0 Å². The molecule has 0 aliphatic rings. The van der Waals surface area contributed by atoms with Crippen LogP contribution in [0.5, 0.6) is 0 Å². The fraction of sp³-hybridized carbons (Fsp3) is 0.0714. The van der Waals surface area contributed by atoms with Crippen molar-refractivity contribution in [3.63, 3.8) is 0 Å². The molecule has 0 radical (unpaired) electrons. The van der Waals surface area contributed by atoms with Crippen LogP contribution in [0.1, 0.15) is 15.9 Å². The van der Waals surface area contributed by atoms with Crippen molar-refractivity contribution in [1.82, 2.24) is 0 Å². The van der Waals surface area contributed by atoms with Crippen LogP contribution in [0.4, 0.5) is 28.9 Å². The number of nitrogen functional groups attached to an aromatic ring is 1. The molecule has 3 nitrogen and oxygen atoms in total. The van der Waals surface area contributed by atoms with Crippen LogP contribution in [0, 0.1) is 5.82 Å². The minimum absolute atomic E-state index is 0.0173. The highest BCUT2D eigenvalue weighted by atomic mass is 19.4. The maximum Gasteiger partial charge on any atom is 0.417 e. The third-order valence-electron chi connectivity index (χ3n) is 2.74. The number of hydrogen-bond donors (Lipinski definition) is 2. The first-order valence-electron chi connectivity index (χ1n) is 5.81. The van der Waals surface area contributed by atoms with Gasteiger partial charge in [-0.1, -0.05) is 12.1 Å². The Morgan fingerprint density at radius 1 is 1.10 bits per heavy atom. The second-order valence-electron chi connectivity index (χ2n) is 4.23. The van der Waals surface area contributed by atoms with Crippen LogP contribution in [0.15, 0.2) is 42.5 Å². The Kier molecular flexibility index (Phi) is 3.84. The normalized spacial score (nSPS) is 11.2. The first-order chi connectivity index (χ1) is 9.79. The number of benzene rings is 2. The van der Waals surface area contributed by atoms with Gasteiger partial charge in [-0.05, 0) is 30.3 Å². The lowest BCUT2D eigenvalue weighted by atomic mass is 10.1. The van der Waals surface area contributed by atoms with E-state index in [0.29, 0.717) is 0 Å². The van der Waals surface area contributed by atoms with Gasteiger partial charge in [-0.15, -0.1) is 0 Å². The lowest BCUT2D eigenvalue weighted by Gasteiger charge is -2.12. The number of carbonyl (C=O) groups excluding carboxylic acids is 1. The summed E-state index contributed by atoms with van der Waals surface area (Å²) in [6, 6.07) is 7.79. The molecule has 1 amide bonds. The molecule has 3 N–H and O–H groups in total. The monoisotopic (exact) mass is 298 g/mol. The van der Waals surface area contributed by atoms with Crippen LogP contribution in [-0.2, 0) is 6.18 Å². The maximum absolute atomic E-state index is 13.2. The van der Waals surface area contributed by atoms with E-state index < -0.39 is 29.0 Å². The molecule has 7 heteroatoms. The summed E-state index contributed by atoms with van der Waals surface area (Å²) in [5.74, 6) is -1.75. The average Bonchev–Trinajstić information content (AvgIpc) is 2.42. The molecule has 0 spiro atoms. The predicted molar refractivity (Wildman–Crippen MR) is 70.2 cm³/mol. The molecule has 2 aromatic rings. The first kappa shape index (κ1) is 14.8. The molecule has 2 rings (SSSR count). The molecule has 0 aromatic heterocycles. The summed E-state index contributed by atoms with van der Waals surface area (Å²) in [6.45, 7) is 0. The first-order valence-corrected chi connectivity index (χ1v) is 5.81. The van der Waals surface area contributed by atoms with Gasteiger partial charge in [-0.25, -0.2) is 4.39 Å². The van der Waals surface area contributed by atoms with Crippen molar-refractivity contribution < 1.29 is 22.4 Å². The van der Waals surface area contributed by atoms with Gasteiger partial charge in [0.15, 0.2) is 0 Å². The molecule has 0 saturated heterocycles.